The SMILES string of the molecule is O=C(Cn1cc(Br)ccc1=O)Nc1ccc(OC(F)(F)F)cc1. The molecule has 1 amide bonds. The molecule has 0 atom stereocenters. The van der Waals surface area contributed by atoms with Crippen LogP contribution in [-0.4, -0.2) is 16.8 Å². The molecular formula is C14H10BrF3N2O3. The number of carbonyl (C=O) groups excluding carboxylic acids is 1. The van der Waals surface area contributed by atoms with Crippen LogP contribution in [0.4, 0.5) is 18.9 Å². The zero-order valence-electron chi connectivity index (χ0n) is 11.4. The molecule has 2 aromatic rings. The van der Waals surface area contributed by atoms with Crippen molar-refractivity contribution in [3.63, 3.8) is 0 Å². The Morgan fingerprint density at radius 2 is 1.83 bits per heavy atom. The number of amides is 1. The molecule has 0 unspecified atom stereocenters. The molecule has 1 aromatic heterocycles. The van der Waals surface area contributed by atoms with Crippen LogP contribution >= 0.6 is 15.9 Å². The number of halogens is 4. The van der Waals surface area contributed by atoms with E-state index in [0.717, 1.165) is 12.1 Å². The van der Waals surface area contributed by atoms with Gasteiger partial charge in [-0.25, -0.2) is 0 Å². The second-order valence-corrected chi connectivity index (χ2v) is 5.35. The Hall–Kier alpha value is -2.29. The number of anilines is 1. The number of pyridine rings is 1. The lowest BCUT2D eigenvalue weighted by Crippen LogP contribution is -2.26. The molecule has 2 rings (SSSR count). The smallest absolute Gasteiger partial charge is 0.406 e. The number of ether oxygens (including phenoxy) is 1. The summed E-state index contributed by atoms with van der Waals surface area (Å²) < 4.78 is 41.7. The maximum absolute atomic E-state index is 12.0. The fourth-order valence-electron chi connectivity index (χ4n) is 1.72. The van der Waals surface area contributed by atoms with E-state index in [1.807, 2.05) is 0 Å². The van der Waals surface area contributed by atoms with Gasteiger partial charge in [-0.05, 0) is 46.3 Å². The van der Waals surface area contributed by atoms with Crippen molar-refractivity contribution in [2.75, 3.05) is 5.32 Å². The van der Waals surface area contributed by atoms with Crippen LogP contribution in [0.3, 0.4) is 0 Å². The highest BCUT2D eigenvalue weighted by Crippen LogP contribution is 2.23. The highest BCUT2D eigenvalue weighted by molar-refractivity contribution is 9.10. The molecule has 0 spiro atoms. The average molecular weight is 391 g/mol. The van der Waals surface area contributed by atoms with Gasteiger partial charge in [0, 0.05) is 22.4 Å². The van der Waals surface area contributed by atoms with Crippen LogP contribution < -0.4 is 15.6 Å². The van der Waals surface area contributed by atoms with Crippen LogP contribution in [0.25, 0.3) is 0 Å². The minimum Gasteiger partial charge on any atom is -0.406 e. The van der Waals surface area contributed by atoms with E-state index in [1.54, 1.807) is 6.07 Å². The van der Waals surface area contributed by atoms with Crippen molar-refractivity contribution in [3.05, 3.63) is 57.4 Å². The number of nitrogens with one attached hydrogen (secondary N) is 1. The Morgan fingerprint density at radius 3 is 2.43 bits per heavy atom. The summed E-state index contributed by atoms with van der Waals surface area (Å²) in [5.74, 6) is -0.881. The van der Waals surface area contributed by atoms with Crippen LogP contribution in [0, 0.1) is 0 Å². The van der Waals surface area contributed by atoms with E-state index in [2.05, 4.69) is 26.0 Å². The van der Waals surface area contributed by atoms with Gasteiger partial charge in [0.1, 0.15) is 12.3 Å². The fraction of sp³-hybridized carbons (Fsp3) is 0.143. The highest BCUT2D eigenvalue weighted by atomic mass is 79.9. The monoisotopic (exact) mass is 390 g/mol. The van der Waals surface area contributed by atoms with E-state index < -0.39 is 18.0 Å². The maximum atomic E-state index is 12.0. The molecule has 5 nitrogen and oxygen atoms in total. The largest absolute Gasteiger partial charge is 0.573 e. The fourth-order valence-corrected chi connectivity index (χ4v) is 2.10. The Kier molecular flexibility index (Phi) is 5.09. The van der Waals surface area contributed by atoms with E-state index in [9.17, 15) is 22.8 Å². The second-order valence-electron chi connectivity index (χ2n) is 4.43. The molecule has 0 bridgehead atoms. The molecule has 9 heteroatoms. The number of nitrogens with zero attached hydrogens (tertiary/aromatic N) is 1. The number of aromatic nitrogens is 1. The third kappa shape index (κ3) is 5.44. The first-order valence-corrected chi connectivity index (χ1v) is 7.04. The third-order valence-corrected chi connectivity index (χ3v) is 3.10. The summed E-state index contributed by atoms with van der Waals surface area (Å²) in [6.45, 7) is -0.223. The topological polar surface area (TPSA) is 60.3 Å². The Bertz CT molecular complexity index is 757. The summed E-state index contributed by atoms with van der Waals surface area (Å²) in [4.78, 5) is 23.4. The number of hydrogen-bond acceptors (Lipinski definition) is 3. The summed E-state index contributed by atoms with van der Waals surface area (Å²) in [6.07, 6.45) is -3.31. The van der Waals surface area contributed by atoms with Gasteiger partial charge < -0.3 is 14.6 Å². The first-order valence-electron chi connectivity index (χ1n) is 6.24. The third-order valence-electron chi connectivity index (χ3n) is 2.63. The number of rotatable bonds is 4. The van der Waals surface area contributed by atoms with Gasteiger partial charge in [0.25, 0.3) is 5.56 Å². The number of benzene rings is 1. The van der Waals surface area contributed by atoms with E-state index in [-0.39, 0.29) is 17.8 Å². The van der Waals surface area contributed by atoms with Gasteiger partial charge in [-0.2, -0.15) is 0 Å². The molecule has 1 heterocycles. The molecular weight excluding hydrogens is 381 g/mol. The van der Waals surface area contributed by atoms with E-state index in [0.29, 0.717) is 4.47 Å². The van der Waals surface area contributed by atoms with Crippen molar-refractivity contribution in [2.45, 2.75) is 12.9 Å². The summed E-state index contributed by atoms with van der Waals surface area (Å²) in [5.41, 5.74) is -0.0650. The van der Waals surface area contributed by atoms with Crippen molar-refractivity contribution >= 4 is 27.5 Å². The number of carbonyl (C=O) groups is 1. The van der Waals surface area contributed by atoms with Crippen LogP contribution in [0.2, 0.25) is 0 Å². The van der Waals surface area contributed by atoms with Crippen LogP contribution in [0.1, 0.15) is 0 Å². The van der Waals surface area contributed by atoms with Crippen LogP contribution in [-0.2, 0) is 11.3 Å². The quantitative estimate of drug-likeness (QED) is 0.872. The van der Waals surface area contributed by atoms with Crippen LogP contribution in [0.15, 0.2) is 51.9 Å². The summed E-state index contributed by atoms with van der Waals surface area (Å²) >= 11 is 3.19. The molecule has 1 N–H and O–H groups in total. The predicted molar refractivity (Wildman–Crippen MR) is 80.2 cm³/mol. The predicted octanol–water partition coefficient (Wildman–Crippen LogP) is 3.15. The van der Waals surface area contributed by atoms with Gasteiger partial charge in [0.05, 0.1) is 0 Å². The van der Waals surface area contributed by atoms with Gasteiger partial charge >= 0.3 is 6.36 Å². The minimum atomic E-state index is -4.77. The van der Waals surface area contributed by atoms with Gasteiger partial charge in [0.2, 0.25) is 5.91 Å². The van der Waals surface area contributed by atoms with E-state index in [1.165, 1.54) is 29.0 Å². The molecule has 1 aromatic carbocycles. The van der Waals surface area contributed by atoms with Gasteiger partial charge in [0.15, 0.2) is 0 Å². The molecule has 0 radical (unpaired) electrons. The van der Waals surface area contributed by atoms with Gasteiger partial charge in [-0.15, -0.1) is 13.2 Å². The lowest BCUT2D eigenvalue weighted by molar-refractivity contribution is -0.274. The first kappa shape index (κ1) is 17.1. The lowest BCUT2D eigenvalue weighted by Gasteiger charge is -2.10. The molecule has 122 valence electrons. The molecule has 0 aliphatic carbocycles. The number of hydrogen-bond donors (Lipinski definition) is 1. The molecule has 0 saturated heterocycles. The lowest BCUT2D eigenvalue weighted by atomic mass is 10.3. The zero-order valence-corrected chi connectivity index (χ0v) is 13.0. The Labute approximate surface area is 136 Å². The van der Waals surface area contributed by atoms with E-state index in [4.69, 9.17) is 0 Å². The van der Waals surface area contributed by atoms with Gasteiger partial charge in [-0.1, -0.05) is 0 Å². The van der Waals surface area contributed by atoms with Crippen molar-refractivity contribution in [2.24, 2.45) is 0 Å². The average Bonchev–Trinajstić information content (AvgIpc) is 2.43. The first-order chi connectivity index (χ1) is 10.7. The Morgan fingerprint density at radius 1 is 1.17 bits per heavy atom. The van der Waals surface area contributed by atoms with Crippen molar-refractivity contribution < 1.29 is 22.7 Å². The van der Waals surface area contributed by atoms with E-state index >= 15 is 0 Å². The molecule has 0 saturated carbocycles. The van der Waals surface area contributed by atoms with Crippen molar-refractivity contribution in [3.8, 4) is 5.75 Å². The normalized spacial score (nSPS) is 11.1. The standard InChI is InChI=1S/C14H10BrF3N2O3/c15-9-1-6-13(22)20(7-9)8-12(21)19-10-2-4-11(5-3-10)23-14(16,17)18/h1-7H,8H2,(H,19,21). The highest BCUT2D eigenvalue weighted by Gasteiger charge is 2.30. The van der Waals surface area contributed by atoms with Crippen molar-refractivity contribution in [1.29, 1.82) is 0 Å². The molecule has 0 fully saturated rings. The van der Waals surface area contributed by atoms with Crippen LogP contribution in [0.5, 0.6) is 5.75 Å². The zero-order chi connectivity index (χ0) is 17.0. The maximum Gasteiger partial charge on any atom is 0.573 e. The molecule has 23 heavy (non-hydrogen) atoms. The van der Waals surface area contributed by atoms with Crippen molar-refractivity contribution in [1.82, 2.24) is 4.57 Å². The number of alkyl halides is 3. The summed E-state index contributed by atoms with van der Waals surface area (Å²) in [6, 6.07) is 7.55. The second kappa shape index (κ2) is 6.86. The minimum absolute atomic E-state index is 0.223. The molecule has 0 aliphatic rings. The Balaban J connectivity index is 2.00. The molecule has 0 aliphatic heterocycles. The summed E-state index contributed by atoms with van der Waals surface area (Å²) in [5, 5.41) is 2.48. The summed E-state index contributed by atoms with van der Waals surface area (Å²) in [7, 11) is 0. The van der Waals surface area contributed by atoms with Gasteiger partial charge in [-0.3, -0.25) is 9.59 Å².